The lowest BCUT2D eigenvalue weighted by Gasteiger charge is -2.18. The number of pyridine rings is 1. The number of aromatic nitrogens is 1. The van der Waals surface area contributed by atoms with Crippen LogP contribution >= 0.6 is 11.3 Å². The van der Waals surface area contributed by atoms with Gasteiger partial charge in [-0.2, -0.15) is 0 Å². The highest BCUT2D eigenvalue weighted by Crippen LogP contribution is 2.43. The van der Waals surface area contributed by atoms with E-state index in [0.29, 0.717) is 48.6 Å². The first-order valence-corrected chi connectivity index (χ1v) is 16.5. The van der Waals surface area contributed by atoms with Gasteiger partial charge in [-0.05, 0) is 77.7 Å². The van der Waals surface area contributed by atoms with Gasteiger partial charge in [0.15, 0.2) is 5.69 Å². The summed E-state index contributed by atoms with van der Waals surface area (Å²) in [6.45, 7) is 2.99. The van der Waals surface area contributed by atoms with Gasteiger partial charge in [0.1, 0.15) is 11.4 Å². The molecule has 6 rings (SSSR count). The summed E-state index contributed by atoms with van der Waals surface area (Å²) in [6, 6.07) is 13.8. The van der Waals surface area contributed by atoms with E-state index in [9.17, 15) is 24.3 Å². The van der Waals surface area contributed by atoms with Crippen molar-refractivity contribution in [3.8, 4) is 27.3 Å². The SMILES string of the molecule is CCCNC(=O)c1ccc(-c2cc3c(cc2C(=O)Nc2ccc(CN)cc2CC(=O)NC2CC2)-c2sccc2CCO3)c(C(=O)O)n1. The van der Waals surface area contributed by atoms with E-state index in [1.54, 1.807) is 30.3 Å². The number of nitrogens with one attached hydrogen (secondary N) is 3. The molecule has 11 nitrogen and oxygen atoms in total. The van der Waals surface area contributed by atoms with Crippen molar-refractivity contribution in [1.29, 1.82) is 0 Å². The Morgan fingerprint density at radius 3 is 2.60 bits per heavy atom. The van der Waals surface area contributed by atoms with Crippen LogP contribution in [0.3, 0.4) is 0 Å². The second-order valence-electron chi connectivity index (χ2n) is 11.6. The van der Waals surface area contributed by atoms with Crippen molar-refractivity contribution in [1.82, 2.24) is 15.6 Å². The number of carbonyl (C=O) groups is 4. The molecule has 3 heterocycles. The minimum absolute atomic E-state index is 0.0473. The summed E-state index contributed by atoms with van der Waals surface area (Å²) in [6.07, 6.45) is 3.34. The summed E-state index contributed by atoms with van der Waals surface area (Å²) in [5, 5.41) is 20.9. The average Bonchev–Trinajstić information content (AvgIpc) is 3.80. The molecular weight excluding hydrogens is 618 g/mol. The van der Waals surface area contributed by atoms with Crippen LogP contribution in [-0.2, 0) is 24.2 Å². The van der Waals surface area contributed by atoms with Gasteiger partial charge in [-0.15, -0.1) is 11.3 Å². The Hall–Kier alpha value is -5.07. The number of nitrogens with two attached hydrogens (primary N) is 1. The Morgan fingerprint density at radius 1 is 1.02 bits per heavy atom. The molecule has 1 aliphatic heterocycles. The number of thiophene rings is 1. The van der Waals surface area contributed by atoms with Crippen LogP contribution in [-0.4, -0.2) is 53.0 Å². The number of benzene rings is 2. The zero-order chi connectivity index (χ0) is 33.1. The minimum atomic E-state index is -1.35. The summed E-state index contributed by atoms with van der Waals surface area (Å²) < 4.78 is 6.12. The number of ether oxygens (including phenoxy) is 1. The number of aromatic carboxylic acids is 1. The van der Waals surface area contributed by atoms with E-state index >= 15 is 0 Å². The fourth-order valence-electron chi connectivity index (χ4n) is 5.53. The quantitative estimate of drug-likeness (QED) is 0.154. The largest absolute Gasteiger partial charge is 0.493 e. The first-order valence-electron chi connectivity index (χ1n) is 15.6. The Labute approximate surface area is 275 Å². The molecule has 0 bridgehead atoms. The molecule has 1 aliphatic carbocycles. The number of fused-ring (bicyclic) bond motifs is 3. The van der Waals surface area contributed by atoms with E-state index in [4.69, 9.17) is 10.5 Å². The van der Waals surface area contributed by atoms with Crippen LogP contribution in [0.15, 0.2) is 53.9 Å². The van der Waals surface area contributed by atoms with Crippen LogP contribution in [0.2, 0.25) is 0 Å². The Balaban J connectivity index is 1.45. The summed E-state index contributed by atoms with van der Waals surface area (Å²) in [5.74, 6) is -2.01. The van der Waals surface area contributed by atoms with Gasteiger partial charge >= 0.3 is 5.97 Å². The van der Waals surface area contributed by atoms with Crippen molar-refractivity contribution in [2.45, 2.75) is 51.6 Å². The van der Waals surface area contributed by atoms with Crippen LogP contribution < -0.4 is 26.4 Å². The monoisotopic (exact) mass is 653 g/mol. The molecule has 47 heavy (non-hydrogen) atoms. The maximum Gasteiger partial charge on any atom is 0.355 e. The number of hydrogen-bond acceptors (Lipinski definition) is 8. The number of carboxylic acid groups (broad SMARTS) is 1. The second kappa shape index (κ2) is 13.7. The van der Waals surface area contributed by atoms with Crippen LogP contribution in [0.4, 0.5) is 5.69 Å². The molecule has 0 spiro atoms. The zero-order valence-electron chi connectivity index (χ0n) is 25.9. The normalized spacial score (nSPS) is 13.4. The average molecular weight is 654 g/mol. The number of amides is 3. The Kier molecular flexibility index (Phi) is 9.32. The summed E-state index contributed by atoms with van der Waals surface area (Å²) in [7, 11) is 0. The molecule has 3 amide bonds. The van der Waals surface area contributed by atoms with Crippen molar-refractivity contribution in [3.63, 3.8) is 0 Å². The van der Waals surface area contributed by atoms with Crippen molar-refractivity contribution in [2.75, 3.05) is 18.5 Å². The van der Waals surface area contributed by atoms with Gasteiger partial charge in [-0.3, -0.25) is 14.4 Å². The van der Waals surface area contributed by atoms with Gasteiger partial charge in [-0.25, -0.2) is 9.78 Å². The fraction of sp³-hybridized carbons (Fsp3) is 0.286. The summed E-state index contributed by atoms with van der Waals surface area (Å²) in [5.41, 5.74) is 9.72. The molecule has 0 atom stereocenters. The summed E-state index contributed by atoms with van der Waals surface area (Å²) >= 11 is 1.53. The predicted molar refractivity (Wildman–Crippen MR) is 179 cm³/mol. The zero-order valence-corrected chi connectivity index (χ0v) is 26.7. The molecule has 12 heteroatoms. The lowest BCUT2D eigenvalue weighted by atomic mass is 9.93. The third kappa shape index (κ3) is 7.03. The first-order chi connectivity index (χ1) is 22.7. The van der Waals surface area contributed by atoms with Gasteiger partial charge in [-0.1, -0.05) is 19.1 Å². The molecule has 1 fully saturated rings. The number of rotatable bonds is 11. The van der Waals surface area contributed by atoms with Crippen LogP contribution in [0, 0.1) is 0 Å². The van der Waals surface area contributed by atoms with Crippen molar-refractivity contribution in [3.05, 3.63) is 87.6 Å². The molecular formula is C35H35N5O6S. The molecule has 0 unspecified atom stereocenters. The van der Waals surface area contributed by atoms with Gasteiger partial charge < -0.3 is 31.5 Å². The third-order valence-electron chi connectivity index (χ3n) is 8.09. The van der Waals surface area contributed by atoms with Crippen LogP contribution in [0.25, 0.3) is 21.6 Å². The van der Waals surface area contributed by atoms with E-state index in [1.807, 2.05) is 18.4 Å². The Morgan fingerprint density at radius 2 is 1.85 bits per heavy atom. The van der Waals surface area contributed by atoms with E-state index in [0.717, 1.165) is 28.8 Å². The molecule has 2 aromatic carbocycles. The number of anilines is 1. The predicted octanol–water partition coefficient (Wildman–Crippen LogP) is 4.78. The highest BCUT2D eigenvalue weighted by Gasteiger charge is 2.28. The highest BCUT2D eigenvalue weighted by atomic mass is 32.1. The van der Waals surface area contributed by atoms with Crippen molar-refractivity contribution in [2.24, 2.45) is 5.73 Å². The van der Waals surface area contributed by atoms with Gasteiger partial charge in [0.05, 0.1) is 13.0 Å². The van der Waals surface area contributed by atoms with Crippen LogP contribution in [0.5, 0.6) is 5.75 Å². The van der Waals surface area contributed by atoms with Gasteiger partial charge in [0.25, 0.3) is 11.8 Å². The van der Waals surface area contributed by atoms with Gasteiger partial charge in [0.2, 0.25) is 5.91 Å². The molecule has 4 aromatic rings. The number of carboxylic acids is 1. The summed E-state index contributed by atoms with van der Waals surface area (Å²) in [4.78, 5) is 57.4. The molecule has 0 saturated heterocycles. The molecule has 6 N–H and O–H groups in total. The van der Waals surface area contributed by atoms with Crippen molar-refractivity contribution < 1.29 is 29.0 Å². The smallest absolute Gasteiger partial charge is 0.355 e. The Bertz CT molecular complexity index is 1880. The number of hydrogen-bond donors (Lipinski definition) is 5. The lowest BCUT2D eigenvalue weighted by molar-refractivity contribution is -0.120. The van der Waals surface area contributed by atoms with Crippen molar-refractivity contribution >= 4 is 40.7 Å². The topological polar surface area (TPSA) is 173 Å². The molecule has 0 radical (unpaired) electrons. The molecule has 242 valence electrons. The molecule has 1 saturated carbocycles. The second-order valence-corrected chi connectivity index (χ2v) is 12.5. The first kappa shape index (κ1) is 31.9. The standard InChI is InChI=1S/C35H35N5O6S/c1-2-11-37-34(43)28-8-6-23(31(39-28)35(44)45)24-17-29-26(32-20(9-12-46-29)10-13-47-32)16-25(24)33(42)40-27-7-3-19(18-36)14-21(27)15-30(41)38-22-4-5-22/h3,6-8,10,13-14,16-17,22H,2,4-5,9,11-12,15,18,36H2,1H3,(H,37,43)(H,38,41)(H,40,42)(H,44,45). The molecule has 2 aliphatic rings. The number of nitrogens with zero attached hydrogens (tertiary/aromatic N) is 1. The third-order valence-corrected chi connectivity index (χ3v) is 9.08. The van der Waals surface area contributed by atoms with E-state index < -0.39 is 17.8 Å². The number of carbonyl (C=O) groups excluding carboxylic acids is 3. The minimum Gasteiger partial charge on any atom is -0.493 e. The van der Waals surface area contributed by atoms with E-state index in [-0.39, 0.29) is 53.0 Å². The fourth-order valence-corrected chi connectivity index (χ4v) is 6.51. The van der Waals surface area contributed by atoms with Crippen LogP contribution in [0.1, 0.15) is 74.2 Å². The maximum atomic E-state index is 14.3. The van der Waals surface area contributed by atoms with Gasteiger partial charge in [0, 0.05) is 58.4 Å². The molecule has 2 aromatic heterocycles. The van der Waals surface area contributed by atoms with E-state index in [1.165, 1.54) is 23.5 Å². The lowest BCUT2D eigenvalue weighted by Crippen LogP contribution is -2.27. The van der Waals surface area contributed by atoms with E-state index in [2.05, 4.69) is 20.9 Å². The maximum absolute atomic E-state index is 14.3. The highest BCUT2D eigenvalue weighted by molar-refractivity contribution is 7.13.